The molecule has 1 amide bonds. The SMILES string of the molecule is CCN(CC)C(=O)C[C@H]1CC2(CCN(Cc3csc(C)n3)CC2)c2ccccc21. The van der Waals surface area contributed by atoms with Gasteiger partial charge in [-0.1, -0.05) is 24.3 Å². The van der Waals surface area contributed by atoms with E-state index in [0.717, 1.165) is 44.2 Å². The molecular weight excluding hydrogens is 378 g/mol. The number of aryl methyl sites for hydroxylation is 1. The van der Waals surface area contributed by atoms with E-state index in [2.05, 4.69) is 60.3 Å². The zero-order chi connectivity index (χ0) is 20.4. The number of amides is 1. The monoisotopic (exact) mass is 411 g/mol. The Hall–Kier alpha value is -1.72. The van der Waals surface area contributed by atoms with Gasteiger partial charge in [0.25, 0.3) is 0 Å². The zero-order valence-electron chi connectivity index (χ0n) is 18.0. The van der Waals surface area contributed by atoms with E-state index in [1.54, 1.807) is 11.3 Å². The Morgan fingerprint density at radius 3 is 2.62 bits per heavy atom. The number of carbonyl (C=O) groups excluding carboxylic acids is 1. The fourth-order valence-electron chi connectivity index (χ4n) is 5.45. The predicted molar refractivity (Wildman–Crippen MR) is 119 cm³/mol. The number of piperidine rings is 1. The fourth-order valence-corrected chi connectivity index (χ4v) is 6.05. The van der Waals surface area contributed by atoms with Crippen molar-refractivity contribution in [3.63, 3.8) is 0 Å². The molecule has 29 heavy (non-hydrogen) atoms. The summed E-state index contributed by atoms with van der Waals surface area (Å²) in [5.74, 6) is 0.676. The normalized spacial score (nSPS) is 20.7. The second-order valence-corrected chi connectivity index (χ2v) is 9.74. The maximum absolute atomic E-state index is 12.8. The first-order valence-electron chi connectivity index (χ1n) is 11.0. The van der Waals surface area contributed by atoms with Gasteiger partial charge in [-0.05, 0) is 75.6 Å². The molecule has 0 radical (unpaired) electrons. The van der Waals surface area contributed by atoms with Gasteiger partial charge in [-0.3, -0.25) is 9.69 Å². The summed E-state index contributed by atoms with van der Waals surface area (Å²) in [6.45, 7) is 11.0. The second-order valence-electron chi connectivity index (χ2n) is 8.67. The summed E-state index contributed by atoms with van der Waals surface area (Å²) in [4.78, 5) is 22.0. The van der Waals surface area contributed by atoms with Gasteiger partial charge in [-0.2, -0.15) is 0 Å². The van der Waals surface area contributed by atoms with Crippen LogP contribution < -0.4 is 0 Å². The standard InChI is InChI=1S/C24H33N3OS/c1-4-27(5-2)23(28)14-19-15-24(22-9-7-6-8-21(19)22)10-12-26(13-11-24)16-20-17-29-18(3)25-20/h6-9,17,19H,4-5,10-16H2,1-3H3/t19-/m0/s1. The van der Waals surface area contributed by atoms with Crippen LogP contribution >= 0.6 is 11.3 Å². The smallest absolute Gasteiger partial charge is 0.223 e. The van der Waals surface area contributed by atoms with Crippen molar-refractivity contribution in [2.75, 3.05) is 26.2 Å². The van der Waals surface area contributed by atoms with Gasteiger partial charge >= 0.3 is 0 Å². The van der Waals surface area contributed by atoms with E-state index >= 15 is 0 Å². The second kappa shape index (κ2) is 8.57. The molecule has 2 aliphatic rings. The molecule has 2 aromatic rings. The van der Waals surface area contributed by atoms with Crippen molar-refractivity contribution in [2.24, 2.45) is 0 Å². The molecule has 1 aliphatic carbocycles. The van der Waals surface area contributed by atoms with Crippen LogP contribution in [0, 0.1) is 6.92 Å². The summed E-state index contributed by atoms with van der Waals surface area (Å²) >= 11 is 1.74. The minimum absolute atomic E-state index is 0.249. The summed E-state index contributed by atoms with van der Waals surface area (Å²) in [6.07, 6.45) is 4.15. The molecule has 0 unspecified atom stereocenters. The van der Waals surface area contributed by atoms with E-state index in [1.807, 2.05) is 4.90 Å². The summed E-state index contributed by atoms with van der Waals surface area (Å²) in [6, 6.07) is 8.93. The third kappa shape index (κ3) is 4.13. The number of fused-ring (bicyclic) bond motifs is 2. The van der Waals surface area contributed by atoms with Crippen LogP contribution in [0.4, 0.5) is 0 Å². The molecule has 1 aliphatic heterocycles. The van der Waals surface area contributed by atoms with Gasteiger partial charge < -0.3 is 4.90 Å². The highest BCUT2D eigenvalue weighted by molar-refractivity contribution is 7.09. The van der Waals surface area contributed by atoms with Crippen molar-refractivity contribution in [3.8, 4) is 0 Å². The van der Waals surface area contributed by atoms with Gasteiger partial charge in [-0.15, -0.1) is 11.3 Å². The number of aromatic nitrogens is 1. The molecule has 156 valence electrons. The number of hydrogen-bond acceptors (Lipinski definition) is 4. The van der Waals surface area contributed by atoms with Crippen LogP contribution in [0.5, 0.6) is 0 Å². The molecule has 4 nitrogen and oxygen atoms in total. The highest BCUT2D eigenvalue weighted by atomic mass is 32.1. The zero-order valence-corrected chi connectivity index (χ0v) is 18.8. The van der Waals surface area contributed by atoms with E-state index in [9.17, 15) is 4.79 Å². The van der Waals surface area contributed by atoms with E-state index in [0.29, 0.717) is 18.2 Å². The van der Waals surface area contributed by atoms with Crippen molar-refractivity contribution >= 4 is 17.2 Å². The van der Waals surface area contributed by atoms with Crippen LogP contribution in [0.25, 0.3) is 0 Å². The van der Waals surface area contributed by atoms with Crippen molar-refractivity contribution < 1.29 is 4.79 Å². The van der Waals surface area contributed by atoms with Crippen molar-refractivity contribution in [2.45, 2.75) is 64.3 Å². The number of rotatable bonds is 6. The maximum Gasteiger partial charge on any atom is 0.223 e. The van der Waals surface area contributed by atoms with Crippen LogP contribution in [0.1, 0.15) is 67.3 Å². The average molecular weight is 412 g/mol. The minimum Gasteiger partial charge on any atom is -0.343 e. The lowest BCUT2D eigenvalue weighted by atomic mass is 9.73. The molecule has 0 bridgehead atoms. The van der Waals surface area contributed by atoms with Crippen molar-refractivity contribution in [3.05, 3.63) is 51.5 Å². The van der Waals surface area contributed by atoms with E-state index in [4.69, 9.17) is 0 Å². The van der Waals surface area contributed by atoms with Crippen LogP contribution in [0.2, 0.25) is 0 Å². The van der Waals surface area contributed by atoms with Gasteiger partial charge in [0.2, 0.25) is 5.91 Å². The number of thiazole rings is 1. The fraction of sp³-hybridized carbons (Fsp3) is 0.583. The number of benzene rings is 1. The Morgan fingerprint density at radius 2 is 1.97 bits per heavy atom. The Bertz CT molecular complexity index is 849. The average Bonchev–Trinajstić information content (AvgIpc) is 3.27. The largest absolute Gasteiger partial charge is 0.343 e. The molecule has 1 aromatic heterocycles. The highest BCUT2D eigenvalue weighted by Crippen LogP contribution is 2.52. The molecule has 1 atom stereocenters. The molecule has 1 saturated heterocycles. The van der Waals surface area contributed by atoms with Crippen molar-refractivity contribution in [1.82, 2.24) is 14.8 Å². The van der Waals surface area contributed by atoms with Gasteiger partial charge in [0.15, 0.2) is 0 Å². The van der Waals surface area contributed by atoms with Crippen LogP contribution in [-0.2, 0) is 16.8 Å². The van der Waals surface area contributed by atoms with Crippen LogP contribution in [0.15, 0.2) is 29.6 Å². The first-order valence-corrected chi connectivity index (χ1v) is 11.9. The summed E-state index contributed by atoms with van der Waals surface area (Å²) in [5.41, 5.74) is 4.40. The third-order valence-electron chi connectivity index (χ3n) is 7.01. The summed E-state index contributed by atoms with van der Waals surface area (Å²) in [5, 5.41) is 3.35. The molecule has 1 spiro atoms. The Morgan fingerprint density at radius 1 is 1.24 bits per heavy atom. The van der Waals surface area contributed by atoms with Gasteiger partial charge in [0, 0.05) is 31.4 Å². The Kier molecular flexibility index (Phi) is 6.07. The first-order chi connectivity index (χ1) is 14.0. The predicted octanol–water partition coefficient (Wildman–Crippen LogP) is 4.73. The molecule has 1 aromatic carbocycles. The van der Waals surface area contributed by atoms with E-state index in [-0.39, 0.29) is 5.41 Å². The Labute approximate surface area is 178 Å². The molecular formula is C24H33N3OS. The highest BCUT2D eigenvalue weighted by Gasteiger charge is 2.45. The topological polar surface area (TPSA) is 36.4 Å². The van der Waals surface area contributed by atoms with Gasteiger partial charge in [0.1, 0.15) is 0 Å². The van der Waals surface area contributed by atoms with E-state index < -0.39 is 0 Å². The quantitative estimate of drug-likeness (QED) is 0.689. The summed E-state index contributed by atoms with van der Waals surface area (Å²) < 4.78 is 0. The van der Waals surface area contributed by atoms with Gasteiger partial charge in [-0.25, -0.2) is 4.98 Å². The number of carbonyl (C=O) groups is 1. The maximum atomic E-state index is 12.8. The van der Waals surface area contributed by atoms with Crippen LogP contribution in [-0.4, -0.2) is 46.9 Å². The molecule has 5 heteroatoms. The Balaban J connectivity index is 1.46. The minimum atomic E-state index is 0.249. The third-order valence-corrected chi connectivity index (χ3v) is 7.83. The summed E-state index contributed by atoms with van der Waals surface area (Å²) in [7, 11) is 0. The van der Waals surface area contributed by atoms with E-state index in [1.165, 1.54) is 29.7 Å². The lowest BCUT2D eigenvalue weighted by Crippen LogP contribution is -2.41. The molecule has 4 rings (SSSR count). The number of hydrogen-bond donors (Lipinski definition) is 0. The van der Waals surface area contributed by atoms with Crippen LogP contribution in [0.3, 0.4) is 0 Å². The van der Waals surface area contributed by atoms with Crippen molar-refractivity contribution in [1.29, 1.82) is 0 Å². The lowest BCUT2D eigenvalue weighted by Gasteiger charge is -2.40. The lowest BCUT2D eigenvalue weighted by molar-refractivity contribution is -0.131. The molecule has 2 heterocycles. The number of nitrogens with zero attached hydrogens (tertiary/aromatic N) is 3. The first kappa shape index (κ1) is 20.5. The molecule has 0 saturated carbocycles. The van der Waals surface area contributed by atoms with Gasteiger partial charge in [0.05, 0.1) is 10.7 Å². The number of likely N-dealkylation sites (tertiary alicyclic amines) is 1. The molecule has 0 N–H and O–H groups in total. The molecule has 1 fully saturated rings.